The van der Waals surface area contributed by atoms with Crippen LogP contribution in [0.2, 0.25) is 5.15 Å². The summed E-state index contributed by atoms with van der Waals surface area (Å²) in [4.78, 5) is 19.5. The lowest BCUT2D eigenvalue weighted by Crippen LogP contribution is -2.48. The summed E-state index contributed by atoms with van der Waals surface area (Å²) in [6, 6.07) is -0.372. The predicted molar refractivity (Wildman–Crippen MR) is 62.7 cm³/mol. The Hall–Kier alpha value is -1.51. The molecule has 0 spiro atoms. The third-order valence-corrected chi connectivity index (χ3v) is 2.93. The lowest BCUT2D eigenvalue weighted by atomic mass is 10.2. The molecular formula is C9H11ClN4O4. The van der Waals surface area contributed by atoms with E-state index < -0.39 is 4.92 Å². The fourth-order valence-electron chi connectivity index (χ4n) is 1.80. The minimum absolute atomic E-state index is 0.113. The first-order valence-electron chi connectivity index (χ1n) is 5.25. The number of ether oxygens (including phenoxy) is 1. The van der Waals surface area contributed by atoms with Crippen LogP contribution in [-0.4, -0.2) is 52.4 Å². The maximum Gasteiger partial charge on any atom is 0.348 e. The summed E-state index contributed by atoms with van der Waals surface area (Å²) in [5.41, 5.74) is -0.348. The molecule has 0 saturated carbocycles. The van der Waals surface area contributed by atoms with Gasteiger partial charge < -0.3 is 14.7 Å². The molecule has 0 bridgehead atoms. The van der Waals surface area contributed by atoms with Crippen LogP contribution in [0.25, 0.3) is 0 Å². The molecule has 1 aliphatic rings. The molecule has 1 fully saturated rings. The summed E-state index contributed by atoms with van der Waals surface area (Å²) in [6.07, 6.45) is 1.16. The number of morpholine rings is 1. The highest BCUT2D eigenvalue weighted by Crippen LogP contribution is 2.32. The molecule has 1 aromatic rings. The van der Waals surface area contributed by atoms with Gasteiger partial charge in [0.15, 0.2) is 0 Å². The van der Waals surface area contributed by atoms with E-state index in [-0.39, 0.29) is 35.9 Å². The molecule has 0 amide bonds. The van der Waals surface area contributed by atoms with Gasteiger partial charge in [0.2, 0.25) is 11.0 Å². The van der Waals surface area contributed by atoms with Gasteiger partial charge in [0.05, 0.1) is 30.8 Å². The molecule has 2 heterocycles. The average Bonchev–Trinajstić information content (AvgIpc) is 2.38. The number of halogens is 1. The van der Waals surface area contributed by atoms with Gasteiger partial charge in [-0.2, -0.15) is 0 Å². The van der Waals surface area contributed by atoms with Crippen molar-refractivity contribution in [2.75, 3.05) is 31.3 Å². The third-order valence-electron chi connectivity index (χ3n) is 2.65. The first-order valence-corrected chi connectivity index (χ1v) is 5.63. The zero-order valence-electron chi connectivity index (χ0n) is 9.32. The SMILES string of the molecule is O=[N+]([O-])c1c(Cl)ncnc1N1CCOCC1CO. The van der Waals surface area contributed by atoms with E-state index in [1.165, 1.54) is 0 Å². The lowest BCUT2D eigenvalue weighted by Gasteiger charge is -2.34. The van der Waals surface area contributed by atoms with Crippen LogP contribution in [-0.2, 0) is 4.74 Å². The molecule has 0 aromatic carbocycles. The van der Waals surface area contributed by atoms with Gasteiger partial charge in [0.25, 0.3) is 0 Å². The van der Waals surface area contributed by atoms with Gasteiger partial charge in [0.1, 0.15) is 6.33 Å². The molecule has 8 nitrogen and oxygen atoms in total. The Morgan fingerprint density at radius 2 is 2.44 bits per heavy atom. The number of aliphatic hydroxyl groups excluding tert-OH is 1. The van der Waals surface area contributed by atoms with Crippen molar-refractivity contribution in [3.8, 4) is 0 Å². The Kier molecular flexibility index (Phi) is 3.90. The highest BCUT2D eigenvalue weighted by molar-refractivity contribution is 6.31. The van der Waals surface area contributed by atoms with Crippen molar-refractivity contribution in [1.29, 1.82) is 0 Å². The number of anilines is 1. The largest absolute Gasteiger partial charge is 0.394 e. The fraction of sp³-hybridized carbons (Fsp3) is 0.556. The van der Waals surface area contributed by atoms with E-state index in [4.69, 9.17) is 16.3 Å². The molecule has 0 radical (unpaired) electrons. The van der Waals surface area contributed by atoms with Crippen molar-refractivity contribution in [2.24, 2.45) is 0 Å². The fourth-order valence-corrected chi connectivity index (χ4v) is 2.00. The number of nitro groups is 1. The second kappa shape index (κ2) is 5.42. The molecule has 1 N–H and O–H groups in total. The maximum atomic E-state index is 11.0. The zero-order chi connectivity index (χ0) is 13.1. The second-order valence-corrected chi connectivity index (χ2v) is 4.06. The highest BCUT2D eigenvalue weighted by atomic mass is 35.5. The Labute approximate surface area is 107 Å². The monoisotopic (exact) mass is 274 g/mol. The van der Waals surface area contributed by atoms with Gasteiger partial charge in [-0.3, -0.25) is 10.1 Å². The van der Waals surface area contributed by atoms with Crippen LogP contribution in [0.4, 0.5) is 11.5 Å². The van der Waals surface area contributed by atoms with Gasteiger partial charge in [-0.25, -0.2) is 9.97 Å². The van der Waals surface area contributed by atoms with E-state index in [1.54, 1.807) is 4.90 Å². The van der Waals surface area contributed by atoms with E-state index in [1.807, 2.05) is 0 Å². The Balaban J connectivity index is 2.42. The number of hydrogen-bond acceptors (Lipinski definition) is 7. The van der Waals surface area contributed by atoms with Crippen molar-refractivity contribution >= 4 is 23.1 Å². The molecule has 1 atom stereocenters. The van der Waals surface area contributed by atoms with Crippen LogP contribution < -0.4 is 4.90 Å². The van der Waals surface area contributed by atoms with E-state index >= 15 is 0 Å². The summed E-state index contributed by atoms with van der Waals surface area (Å²) in [7, 11) is 0. The van der Waals surface area contributed by atoms with Gasteiger partial charge in [-0.1, -0.05) is 11.6 Å². The van der Waals surface area contributed by atoms with Crippen molar-refractivity contribution in [1.82, 2.24) is 9.97 Å². The third kappa shape index (κ3) is 2.35. The molecule has 0 aliphatic carbocycles. The van der Waals surface area contributed by atoms with Gasteiger partial charge in [0, 0.05) is 6.54 Å². The molecule has 1 unspecified atom stereocenters. The maximum absolute atomic E-state index is 11.0. The summed E-state index contributed by atoms with van der Waals surface area (Å²) >= 11 is 5.72. The molecule has 1 saturated heterocycles. The molecule has 1 aliphatic heterocycles. The van der Waals surface area contributed by atoms with E-state index in [0.717, 1.165) is 6.33 Å². The smallest absolute Gasteiger partial charge is 0.348 e. The topological polar surface area (TPSA) is 102 Å². The number of hydrogen-bond donors (Lipinski definition) is 1. The molecule has 2 rings (SSSR count). The number of aliphatic hydroxyl groups is 1. The first-order chi connectivity index (χ1) is 8.65. The Morgan fingerprint density at radius 1 is 1.67 bits per heavy atom. The van der Waals surface area contributed by atoms with Crippen molar-refractivity contribution in [3.05, 3.63) is 21.6 Å². The van der Waals surface area contributed by atoms with Gasteiger partial charge in [-0.15, -0.1) is 0 Å². The lowest BCUT2D eigenvalue weighted by molar-refractivity contribution is -0.384. The Bertz CT molecular complexity index is 458. The zero-order valence-corrected chi connectivity index (χ0v) is 10.1. The van der Waals surface area contributed by atoms with Crippen LogP contribution in [0, 0.1) is 10.1 Å². The molecule has 9 heteroatoms. The van der Waals surface area contributed by atoms with Gasteiger partial charge >= 0.3 is 5.69 Å². The molecule has 98 valence electrons. The minimum atomic E-state index is -0.623. The number of rotatable bonds is 3. The first kappa shape index (κ1) is 12.9. The van der Waals surface area contributed by atoms with Crippen LogP contribution in [0.5, 0.6) is 0 Å². The number of aromatic nitrogens is 2. The van der Waals surface area contributed by atoms with Crippen LogP contribution >= 0.6 is 11.6 Å². The van der Waals surface area contributed by atoms with Crippen LogP contribution in [0.15, 0.2) is 6.33 Å². The van der Waals surface area contributed by atoms with Crippen molar-refractivity contribution in [2.45, 2.75) is 6.04 Å². The van der Waals surface area contributed by atoms with Crippen LogP contribution in [0.1, 0.15) is 0 Å². The normalized spacial score (nSPS) is 19.9. The standard InChI is InChI=1S/C9H11ClN4O4/c10-8-7(14(16)17)9(12-5-11-8)13-1-2-18-4-6(13)3-15/h5-6,15H,1-4H2. The van der Waals surface area contributed by atoms with Crippen molar-refractivity contribution < 1.29 is 14.8 Å². The number of nitrogens with zero attached hydrogens (tertiary/aromatic N) is 4. The van der Waals surface area contributed by atoms with Crippen LogP contribution in [0.3, 0.4) is 0 Å². The second-order valence-electron chi connectivity index (χ2n) is 3.70. The predicted octanol–water partition coefficient (Wildman–Crippen LogP) is 0.236. The van der Waals surface area contributed by atoms with E-state index in [2.05, 4.69) is 9.97 Å². The summed E-state index contributed by atoms with van der Waals surface area (Å²) in [6.45, 7) is 0.919. The van der Waals surface area contributed by atoms with E-state index in [9.17, 15) is 15.2 Å². The summed E-state index contributed by atoms with van der Waals surface area (Å²) < 4.78 is 5.21. The molecular weight excluding hydrogens is 264 g/mol. The summed E-state index contributed by atoms with van der Waals surface area (Å²) in [5, 5.41) is 20.0. The van der Waals surface area contributed by atoms with Gasteiger partial charge in [-0.05, 0) is 0 Å². The highest BCUT2D eigenvalue weighted by Gasteiger charge is 2.31. The molecule has 1 aromatic heterocycles. The Morgan fingerprint density at radius 3 is 3.11 bits per heavy atom. The van der Waals surface area contributed by atoms with E-state index in [0.29, 0.717) is 13.2 Å². The quantitative estimate of drug-likeness (QED) is 0.478. The summed E-state index contributed by atoms with van der Waals surface area (Å²) in [5.74, 6) is 0.113. The average molecular weight is 275 g/mol. The molecule has 18 heavy (non-hydrogen) atoms. The van der Waals surface area contributed by atoms with Crippen molar-refractivity contribution in [3.63, 3.8) is 0 Å². The minimum Gasteiger partial charge on any atom is -0.394 e.